The molecule has 0 saturated carbocycles. The fraction of sp³-hybridized carbons (Fsp3) is 0.320. The number of aromatic nitrogens is 1. The Bertz CT molecular complexity index is 1110. The molecule has 0 spiro atoms. The van der Waals surface area contributed by atoms with Gasteiger partial charge in [0.1, 0.15) is 11.4 Å². The highest BCUT2D eigenvalue weighted by Crippen LogP contribution is 2.33. The summed E-state index contributed by atoms with van der Waals surface area (Å²) in [6.45, 7) is 1.49. The molecule has 0 bridgehead atoms. The number of likely N-dealkylation sites (tertiary alicyclic amines) is 1. The van der Waals surface area contributed by atoms with Crippen LogP contribution in [0.3, 0.4) is 0 Å². The number of piperidine rings is 1. The van der Waals surface area contributed by atoms with Gasteiger partial charge >= 0.3 is 0 Å². The van der Waals surface area contributed by atoms with Crippen LogP contribution in [-0.2, 0) is 4.79 Å². The number of rotatable bonds is 7. The van der Waals surface area contributed by atoms with Crippen LogP contribution in [-0.4, -0.2) is 53.9 Å². The van der Waals surface area contributed by atoms with E-state index in [0.29, 0.717) is 22.9 Å². The van der Waals surface area contributed by atoms with Crippen molar-refractivity contribution in [3.05, 3.63) is 64.6 Å². The minimum atomic E-state index is -0.240. The van der Waals surface area contributed by atoms with E-state index in [1.165, 1.54) is 11.3 Å². The molecule has 1 N–H and O–H groups in total. The SMILES string of the molecule is COc1ccc(-c2ccccc2)c(NC(=O)c2csc(C3CCN(C(=O)CSC)CC3)n2)c1. The van der Waals surface area contributed by atoms with Crippen LogP contribution in [0.25, 0.3) is 11.1 Å². The second-order valence-corrected chi connectivity index (χ2v) is 9.65. The maximum Gasteiger partial charge on any atom is 0.275 e. The van der Waals surface area contributed by atoms with Crippen LogP contribution >= 0.6 is 23.1 Å². The lowest BCUT2D eigenvalue weighted by atomic mass is 9.97. The van der Waals surface area contributed by atoms with E-state index in [1.54, 1.807) is 18.9 Å². The highest BCUT2D eigenvalue weighted by molar-refractivity contribution is 7.99. The average Bonchev–Trinajstić information content (AvgIpc) is 3.35. The van der Waals surface area contributed by atoms with E-state index < -0.39 is 0 Å². The number of thiazole rings is 1. The summed E-state index contributed by atoms with van der Waals surface area (Å²) < 4.78 is 5.36. The van der Waals surface area contributed by atoms with Gasteiger partial charge in [-0.3, -0.25) is 9.59 Å². The van der Waals surface area contributed by atoms with E-state index in [1.807, 2.05) is 65.1 Å². The van der Waals surface area contributed by atoms with Crippen LogP contribution in [0.4, 0.5) is 5.69 Å². The molecule has 1 aromatic heterocycles. The largest absolute Gasteiger partial charge is 0.497 e. The normalized spacial score (nSPS) is 14.2. The Labute approximate surface area is 202 Å². The van der Waals surface area contributed by atoms with Crippen molar-refractivity contribution in [1.29, 1.82) is 0 Å². The molecule has 0 radical (unpaired) electrons. The van der Waals surface area contributed by atoms with E-state index in [9.17, 15) is 9.59 Å². The lowest BCUT2D eigenvalue weighted by Gasteiger charge is -2.31. The van der Waals surface area contributed by atoms with Gasteiger partial charge in [0, 0.05) is 36.0 Å². The van der Waals surface area contributed by atoms with Gasteiger partial charge in [-0.1, -0.05) is 30.3 Å². The molecule has 4 rings (SSSR count). The number of carbonyl (C=O) groups is 2. The van der Waals surface area contributed by atoms with Crippen molar-refractivity contribution < 1.29 is 14.3 Å². The predicted octanol–water partition coefficient (Wildman–Crippen LogP) is 5.14. The van der Waals surface area contributed by atoms with Crippen molar-refractivity contribution in [2.75, 3.05) is 37.5 Å². The Morgan fingerprint density at radius 2 is 1.94 bits per heavy atom. The molecule has 2 heterocycles. The molecular weight excluding hydrogens is 454 g/mol. The summed E-state index contributed by atoms with van der Waals surface area (Å²) in [7, 11) is 1.61. The lowest BCUT2D eigenvalue weighted by molar-refractivity contribution is -0.129. The van der Waals surface area contributed by atoms with Gasteiger partial charge in [0.15, 0.2) is 0 Å². The summed E-state index contributed by atoms with van der Waals surface area (Å²) in [5.41, 5.74) is 3.03. The smallest absolute Gasteiger partial charge is 0.275 e. The highest BCUT2D eigenvalue weighted by atomic mass is 32.2. The number of anilines is 1. The standard InChI is InChI=1S/C25H27N3O3S2/c1-31-19-8-9-20(17-6-4-3-5-7-17)21(14-19)26-24(30)22-15-33-25(27-22)18-10-12-28(13-11-18)23(29)16-32-2/h3-9,14-15,18H,10-13,16H2,1-2H3,(H,26,30). The first kappa shape index (κ1) is 23.3. The van der Waals surface area contributed by atoms with Crippen LogP contribution in [0.1, 0.15) is 34.3 Å². The van der Waals surface area contributed by atoms with Gasteiger partial charge in [-0.05, 0) is 36.8 Å². The van der Waals surface area contributed by atoms with Crippen molar-refractivity contribution in [2.45, 2.75) is 18.8 Å². The second-order valence-electron chi connectivity index (χ2n) is 7.89. The zero-order valence-corrected chi connectivity index (χ0v) is 20.4. The minimum absolute atomic E-state index is 0.202. The van der Waals surface area contributed by atoms with Crippen molar-refractivity contribution in [1.82, 2.24) is 9.88 Å². The van der Waals surface area contributed by atoms with Gasteiger partial charge in [0.2, 0.25) is 5.91 Å². The zero-order valence-electron chi connectivity index (χ0n) is 18.7. The Morgan fingerprint density at radius 1 is 1.18 bits per heavy atom. The number of amides is 2. The van der Waals surface area contributed by atoms with E-state index in [4.69, 9.17) is 4.74 Å². The Morgan fingerprint density at radius 3 is 2.64 bits per heavy atom. The monoisotopic (exact) mass is 481 g/mol. The van der Waals surface area contributed by atoms with E-state index >= 15 is 0 Å². The number of nitrogens with one attached hydrogen (secondary N) is 1. The molecular formula is C25H27N3O3S2. The summed E-state index contributed by atoms with van der Waals surface area (Å²) in [6.07, 6.45) is 3.70. The molecule has 6 nitrogen and oxygen atoms in total. The molecule has 172 valence electrons. The number of hydrogen-bond donors (Lipinski definition) is 1. The van der Waals surface area contributed by atoms with Crippen molar-refractivity contribution in [3.63, 3.8) is 0 Å². The van der Waals surface area contributed by atoms with Gasteiger partial charge in [-0.15, -0.1) is 11.3 Å². The number of hydrogen-bond acceptors (Lipinski definition) is 6. The molecule has 33 heavy (non-hydrogen) atoms. The molecule has 0 unspecified atom stereocenters. The first-order valence-electron chi connectivity index (χ1n) is 10.9. The Balaban J connectivity index is 1.46. The van der Waals surface area contributed by atoms with E-state index in [2.05, 4.69) is 10.3 Å². The van der Waals surface area contributed by atoms with Crippen molar-refractivity contribution >= 4 is 40.6 Å². The molecule has 0 aliphatic carbocycles. The van der Waals surface area contributed by atoms with E-state index in [-0.39, 0.29) is 17.7 Å². The van der Waals surface area contributed by atoms with Crippen molar-refractivity contribution in [3.8, 4) is 16.9 Å². The van der Waals surface area contributed by atoms with Crippen LogP contribution < -0.4 is 10.1 Å². The number of benzene rings is 2. The van der Waals surface area contributed by atoms with Gasteiger partial charge in [0.25, 0.3) is 5.91 Å². The molecule has 8 heteroatoms. The fourth-order valence-electron chi connectivity index (χ4n) is 3.98. The van der Waals surface area contributed by atoms with E-state index in [0.717, 1.165) is 42.1 Å². The van der Waals surface area contributed by atoms with Gasteiger partial charge in [0.05, 0.1) is 23.6 Å². The number of ether oxygens (including phenoxy) is 1. The average molecular weight is 482 g/mol. The number of methoxy groups -OCH3 is 1. The van der Waals surface area contributed by atoms with Gasteiger partial charge in [-0.25, -0.2) is 4.98 Å². The first-order chi connectivity index (χ1) is 16.1. The Hall–Kier alpha value is -2.84. The quantitative estimate of drug-likeness (QED) is 0.506. The third-order valence-electron chi connectivity index (χ3n) is 5.78. The highest BCUT2D eigenvalue weighted by Gasteiger charge is 2.26. The second kappa shape index (κ2) is 10.9. The molecule has 1 saturated heterocycles. The molecule has 2 amide bonds. The van der Waals surface area contributed by atoms with Crippen LogP contribution in [0.15, 0.2) is 53.9 Å². The molecule has 2 aromatic carbocycles. The maximum atomic E-state index is 13.0. The maximum absolute atomic E-state index is 13.0. The molecule has 1 fully saturated rings. The molecule has 3 aromatic rings. The third kappa shape index (κ3) is 5.57. The van der Waals surface area contributed by atoms with Gasteiger partial charge in [-0.2, -0.15) is 11.8 Å². The van der Waals surface area contributed by atoms with Gasteiger partial charge < -0.3 is 15.0 Å². The summed E-state index contributed by atoms with van der Waals surface area (Å²) >= 11 is 3.07. The topological polar surface area (TPSA) is 71.5 Å². The molecule has 0 atom stereocenters. The summed E-state index contributed by atoms with van der Waals surface area (Å²) in [6, 6.07) is 15.6. The summed E-state index contributed by atoms with van der Waals surface area (Å²) in [4.78, 5) is 31.7. The first-order valence-corrected chi connectivity index (χ1v) is 13.1. The number of thioether (sulfide) groups is 1. The predicted molar refractivity (Wildman–Crippen MR) is 135 cm³/mol. The molecule has 1 aliphatic rings. The number of carbonyl (C=O) groups excluding carboxylic acids is 2. The zero-order chi connectivity index (χ0) is 23.2. The van der Waals surface area contributed by atoms with Crippen LogP contribution in [0.2, 0.25) is 0 Å². The fourth-order valence-corrected chi connectivity index (χ4v) is 5.38. The lowest BCUT2D eigenvalue weighted by Crippen LogP contribution is -2.38. The summed E-state index contributed by atoms with van der Waals surface area (Å²) in [5.74, 6) is 1.45. The van der Waals surface area contributed by atoms with Crippen LogP contribution in [0, 0.1) is 0 Å². The minimum Gasteiger partial charge on any atom is -0.497 e. The Kier molecular flexibility index (Phi) is 7.67. The number of nitrogens with zero attached hydrogens (tertiary/aromatic N) is 2. The molecule has 1 aliphatic heterocycles. The van der Waals surface area contributed by atoms with Crippen molar-refractivity contribution in [2.24, 2.45) is 0 Å². The van der Waals surface area contributed by atoms with Crippen LogP contribution in [0.5, 0.6) is 5.75 Å². The third-order valence-corrected chi connectivity index (χ3v) is 7.32. The summed E-state index contributed by atoms with van der Waals surface area (Å²) in [5, 5.41) is 5.80.